The monoisotopic (exact) mass is 360 g/mol. The Kier molecular flexibility index (Phi) is 6.10. The third kappa shape index (κ3) is 4.88. The van der Waals surface area contributed by atoms with E-state index in [1.807, 2.05) is 91.9 Å². The molecule has 0 bridgehead atoms. The number of rotatable bonds is 7. The number of methoxy groups -OCH3 is 1. The van der Waals surface area contributed by atoms with Gasteiger partial charge in [-0.3, -0.25) is 4.79 Å². The molecule has 27 heavy (non-hydrogen) atoms. The maximum Gasteiger partial charge on any atom is 0.242 e. The maximum absolute atomic E-state index is 12.8. The summed E-state index contributed by atoms with van der Waals surface area (Å²) in [4.78, 5) is 12.8. The lowest BCUT2D eigenvalue weighted by Gasteiger charge is -2.23. The number of amides is 1. The molecule has 0 aliphatic carbocycles. The van der Waals surface area contributed by atoms with E-state index in [9.17, 15) is 4.79 Å². The fourth-order valence-electron chi connectivity index (χ4n) is 2.92. The molecule has 0 unspecified atom stereocenters. The summed E-state index contributed by atoms with van der Waals surface area (Å²) in [5, 5.41) is 6.40. The molecule has 0 heterocycles. The molecule has 0 fully saturated rings. The SMILES string of the molecule is COc1ccc(N[C@H](C)C(=O)NC(c2ccccc2)c2ccccc2)cc1. The zero-order chi connectivity index (χ0) is 19.1. The Morgan fingerprint density at radius 1 is 0.815 bits per heavy atom. The van der Waals surface area contributed by atoms with Crippen LogP contribution in [0.1, 0.15) is 24.1 Å². The lowest BCUT2D eigenvalue weighted by molar-refractivity contribution is -0.122. The van der Waals surface area contributed by atoms with Gasteiger partial charge in [-0.25, -0.2) is 0 Å². The second-order valence-corrected chi connectivity index (χ2v) is 6.36. The summed E-state index contributed by atoms with van der Waals surface area (Å²) in [5.74, 6) is 0.717. The van der Waals surface area contributed by atoms with Crippen molar-refractivity contribution >= 4 is 11.6 Å². The number of hydrogen-bond acceptors (Lipinski definition) is 3. The van der Waals surface area contributed by atoms with Crippen LogP contribution in [-0.2, 0) is 4.79 Å². The second kappa shape index (κ2) is 8.90. The van der Waals surface area contributed by atoms with Crippen LogP contribution in [0.25, 0.3) is 0 Å². The summed E-state index contributed by atoms with van der Waals surface area (Å²) < 4.78 is 5.17. The molecule has 4 nitrogen and oxygen atoms in total. The predicted molar refractivity (Wildman–Crippen MR) is 109 cm³/mol. The highest BCUT2D eigenvalue weighted by Gasteiger charge is 2.20. The van der Waals surface area contributed by atoms with Crippen molar-refractivity contribution in [2.45, 2.75) is 19.0 Å². The van der Waals surface area contributed by atoms with Crippen LogP contribution in [0.3, 0.4) is 0 Å². The fourth-order valence-corrected chi connectivity index (χ4v) is 2.92. The van der Waals surface area contributed by atoms with E-state index in [0.717, 1.165) is 22.6 Å². The number of hydrogen-bond donors (Lipinski definition) is 2. The highest BCUT2D eigenvalue weighted by Crippen LogP contribution is 2.22. The molecule has 0 radical (unpaired) electrons. The van der Waals surface area contributed by atoms with Crippen LogP contribution >= 0.6 is 0 Å². The summed E-state index contributed by atoms with van der Waals surface area (Å²) in [7, 11) is 1.63. The van der Waals surface area contributed by atoms with Crippen molar-refractivity contribution in [2.24, 2.45) is 0 Å². The van der Waals surface area contributed by atoms with E-state index >= 15 is 0 Å². The van der Waals surface area contributed by atoms with Gasteiger partial charge in [-0.05, 0) is 42.3 Å². The van der Waals surface area contributed by atoms with E-state index in [-0.39, 0.29) is 18.0 Å². The van der Waals surface area contributed by atoms with Gasteiger partial charge in [0.2, 0.25) is 5.91 Å². The molecule has 0 saturated heterocycles. The number of anilines is 1. The first-order valence-corrected chi connectivity index (χ1v) is 8.98. The molecule has 138 valence electrons. The van der Waals surface area contributed by atoms with Gasteiger partial charge in [-0.2, -0.15) is 0 Å². The Bertz CT molecular complexity index is 809. The zero-order valence-corrected chi connectivity index (χ0v) is 15.6. The van der Waals surface area contributed by atoms with Crippen LogP contribution in [0, 0.1) is 0 Å². The van der Waals surface area contributed by atoms with Gasteiger partial charge in [-0.15, -0.1) is 0 Å². The first-order chi connectivity index (χ1) is 13.2. The zero-order valence-electron chi connectivity index (χ0n) is 15.6. The quantitative estimate of drug-likeness (QED) is 0.656. The van der Waals surface area contributed by atoms with Crippen molar-refractivity contribution in [3.63, 3.8) is 0 Å². The van der Waals surface area contributed by atoms with Gasteiger partial charge in [0.05, 0.1) is 13.2 Å². The number of carbonyl (C=O) groups excluding carboxylic acids is 1. The number of nitrogens with one attached hydrogen (secondary N) is 2. The maximum atomic E-state index is 12.8. The van der Waals surface area contributed by atoms with Gasteiger partial charge < -0.3 is 15.4 Å². The first kappa shape index (κ1) is 18.5. The first-order valence-electron chi connectivity index (χ1n) is 8.98. The summed E-state index contributed by atoms with van der Waals surface area (Å²) in [5.41, 5.74) is 2.97. The molecule has 0 aromatic heterocycles. The molecule has 4 heteroatoms. The molecule has 0 aliphatic rings. The summed E-state index contributed by atoms with van der Waals surface area (Å²) in [6.45, 7) is 1.85. The van der Waals surface area contributed by atoms with Gasteiger partial charge in [0.15, 0.2) is 0 Å². The number of benzene rings is 3. The Labute approximate surface area is 160 Å². The summed E-state index contributed by atoms with van der Waals surface area (Å²) in [6.07, 6.45) is 0. The van der Waals surface area contributed by atoms with Crippen LogP contribution in [0.5, 0.6) is 5.75 Å². The molecular formula is C23H24N2O2. The summed E-state index contributed by atoms with van der Waals surface area (Å²) >= 11 is 0. The van der Waals surface area contributed by atoms with Crippen LogP contribution < -0.4 is 15.4 Å². The summed E-state index contributed by atoms with van der Waals surface area (Å²) in [6, 6.07) is 26.9. The molecule has 0 aliphatic heterocycles. The van der Waals surface area contributed by atoms with Crippen molar-refractivity contribution in [2.75, 3.05) is 12.4 Å². The van der Waals surface area contributed by atoms with Crippen LogP contribution in [0.15, 0.2) is 84.9 Å². The molecule has 1 atom stereocenters. The average molecular weight is 360 g/mol. The molecule has 2 N–H and O–H groups in total. The Morgan fingerprint density at radius 2 is 1.33 bits per heavy atom. The Morgan fingerprint density at radius 3 is 1.81 bits per heavy atom. The highest BCUT2D eigenvalue weighted by molar-refractivity contribution is 5.85. The van der Waals surface area contributed by atoms with Crippen LogP contribution in [0.4, 0.5) is 5.69 Å². The smallest absolute Gasteiger partial charge is 0.242 e. The van der Waals surface area contributed by atoms with Gasteiger partial charge in [0.1, 0.15) is 11.8 Å². The molecule has 0 spiro atoms. The van der Waals surface area contributed by atoms with Crippen molar-refractivity contribution in [3.05, 3.63) is 96.1 Å². The van der Waals surface area contributed by atoms with E-state index < -0.39 is 0 Å². The lowest BCUT2D eigenvalue weighted by Crippen LogP contribution is -2.40. The third-order valence-electron chi connectivity index (χ3n) is 4.42. The topological polar surface area (TPSA) is 50.4 Å². The van der Waals surface area contributed by atoms with E-state index in [0.29, 0.717) is 0 Å². The van der Waals surface area contributed by atoms with Crippen LogP contribution in [-0.4, -0.2) is 19.1 Å². The minimum Gasteiger partial charge on any atom is -0.497 e. The van der Waals surface area contributed by atoms with Crippen molar-refractivity contribution in [3.8, 4) is 5.75 Å². The van der Waals surface area contributed by atoms with E-state index in [1.54, 1.807) is 7.11 Å². The molecule has 3 aromatic rings. The highest BCUT2D eigenvalue weighted by atomic mass is 16.5. The third-order valence-corrected chi connectivity index (χ3v) is 4.42. The van der Waals surface area contributed by atoms with Crippen LogP contribution in [0.2, 0.25) is 0 Å². The minimum absolute atomic E-state index is 0.0662. The molecule has 3 rings (SSSR count). The van der Waals surface area contributed by atoms with E-state index in [2.05, 4.69) is 10.6 Å². The fraction of sp³-hybridized carbons (Fsp3) is 0.174. The molecule has 1 amide bonds. The van der Waals surface area contributed by atoms with Crippen molar-refractivity contribution < 1.29 is 9.53 Å². The number of carbonyl (C=O) groups is 1. The predicted octanol–water partition coefficient (Wildman–Crippen LogP) is 4.40. The van der Waals surface area contributed by atoms with Gasteiger partial charge in [0.25, 0.3) is 0 Å². The molecule has 3 aromatic carbocycles. The Hall–Kier alpha value is -3.27. The lowest BCUT2D eigenvalue weighted by atomic mass is 9.98. The van der Waals surface area contributed by atoms with E-state index in [4.69, 9.17) is 4.74 Å². The normalized spacial score (nSPS) is 11.7. The molecule has 0 saturated carbocycles. The van der Waals surface area contributed by atoms with Crippen molar-refractivity contribution in [1.82, 2.24) is 5.32 Å². The van der Waals surface area contributed by atoms with Gasteiger partial charge in [0, 0.05) is 5.69 Å². The average Bonchev–Trinajstić information content (AvgIpc) is 2.73. The second-order valence-electron chi connectivity index (χ2n) is 6.36. The molecular weight excluding hydrogens is 336 g/mol. The van der Waals surface area contributed by atoms with Gasteiger partial charge >= 0.3 is 0 Å². The van der Waals surface area contributed by atoms with Gasteiger partial charge in [-0.1, -0.05) is 60.7 Å². The van der Waals surface area contributed by atoms with E-state index in [1.165, 1.54) is 0 Å². The van der Waals surface area contributed by atoms with Crippen molar-refractivity contribution in [1.29, 1.82) is 0 Å². The standard InChI is InChI=1S/C23H24N2O2/c1-17(24-20-13-15-21(27-2)16-14-20)23(26)25-22(18-9-5-3-6-10-18)19-11-7-4-8-12-19/h3-17,22,24H,1-2H3,(H,25,26)/t17-/m1/s1. The number of ether oxygens (including phenoxy) is 1. The largest absolute Gasteiger partial charge is 0.497 e. The Balaban J connectivity index is 1.73. The minimum atomic E-state index is -0.381.